The molecule has 6 nitrogen and oxygen atoms in total. The zero-order valence-corrected chi connectivity index (χ0v) is 18.1. The van der Waals surface area contributed by atoms with Crippen LogP contribution in [0.1, 0.15) is 46.6 Å². The van der Waals surface area contributed by atoms with Gasteiger partial charge in [0.15, 0.2) is 0 Å². The summed E-state index contributed by atoms with van der Waals surface area (Å²) >= 11 is 3.46. The molecule has 2 aliphatic rings. The van der Waals surface area contributed by atoms with E-state index in [1.165, 1.54) is 25.9 Å². The molecule has 0 saturated carbocycles. The number of rotatable bonds is 6. The molecule has 0 spiro atoms. The third-order valence-corrected chi connectivity index (χ3v) is 5.98. The van der Waals surface area contributed by atoms with Gasteiger partial charge in [-0.3, -0.25) is 9.59 Å². The van der Waals surface area contributed by atoms with Gasteiger partial charge in [-0.25, -0.2) is 0 Å². The Bertz CT molecular complexity index is 973. The standard InChI is InChI=1S/C22H25BrN4O2/c1-14-11-20(22(29)24-7-4-10-27-8-2-3-9-27)25-19(14)13-17-16-12-15(23)5-6-18(16)26-21(17)28/h5-6,11-13,25H,2-4,7-10H2,1H3,(H,24,29)(H,26,28)/b17-13-. The van der Waals surface area contributed by atoms with Crippen molar-refractivity contribution in [3.05, 3.63) is 51.3 Å². The Morgan fingerprint density at radius 3 is 2.86 bits per heavy atom. The number of amides is 2. The lowest BCUT2D eigenvalue weighted by molar-refractivity contribution is -0.110. The number of hydrogen-bond donors (Lipinski definition) is 3. The summed E-state index contributed by atoms with van der Waals surface area (Å²) in [6.45, 7) is 5.98. The van der Waals surface area contributed by atoms with Gasteiger partial charge < -0.3 is 20.5 Å². The molecule has 29 heavy (non-hydrogen) atoms. The van der Waals surface area contributed by atoms with Crippen molar-refractivity contribution >= 4 is 45.1 Å². The predicted octanol–water partition coefficient (Wildman–Crippen LogP) is 3.79. The van der Waals surface area contributed by atoms with Crippen molar-refractivity contribution in [3.8, 4) is 0 Å². The molecule has 0 radical (unpaired) electrons. The van der Waals surface area contributed by atoms with Gasteiger partial charge in [-0.1, -0.05) is 15.9 Å². The molecule has 1 fully saturated rings. The summed E-state index contributed by atoms with van der Waals surface area (Å²) in [4.78, 5) is 30.5. The van der Waals surface area contributed by atoms with Crippen LogP contribution in [0.15, 0.2) is 28.7 Å². The molecule has 3 N–H and O–H groups in total. The third-order valence-electron chi connectivity index (χ3n) is 5.49. The van der Waals surface area contributed by atoms with Crippen molar-refractivity contribution in [2.45, 2.75) is 26.2 Å². The van der Waals surface area contributed by atoms with Gasteiger partial charge >= 0.3 is 0 Å². The number of anilines is 1. The van der Waals surface area contributed by atoms with Crippen LogP contribution in [0.2, 0.25) is 0 Å². The second-order valence-electron chi connectivity index (χ2n) is 7.64. The lowest BCUT2D eigenvalue weighted by Gasteiger charge is -2.14. The highest BCUT2D eigenvalue weighted by Crippen LogP contribution is 2.35. The molecule has 7 heteroatoms. The van der Waals surface area contributed by atoms with E-state index in [1.807, 2.05) is 37.3 Å². The number of halogens is 1. The summed E-state index contributed by atoms with van der Waals surface area (Å²) in [5, 5.41) is 5.86. The van der Waals surface area contributed by atoms with Crippen LogP contribution < -0.4 is 10.6 Å². The second kappa shape index (κ2) is 8.55. The molecule has 1 aromatic heterocycles. The van der Waals surface area contributed by atoms with Gasteiger partial charge in [0.05, 0.1) is 5.57 Å². The Hall–Kier alpha value is -2.38. The number of hydrogen-bond acceptors (Lipinski definition) is 3. The number of carbonyl (C=O) groups is 2. The Morgan fingerprint density at radius 1 is 1.28 bits per heavy atom. The first-order valence-corrected chi connectivity index (χ1v) is 10.8. The van der Waals surface area contributed by atoms with E-state index in [2.05, 4.69) is 36.4 Å². The van der Waals surface area contributed by atoms with Gasteiger partial charge in [-0.15, -0.1) is 0 Å². The van der Waals surface area contributed by atoms with Crippen LogP contribution in [0.3, 0.4) is 0 Å². The highest BCUT2D eigenvalue weighted by molar-refractivity contribution is 9.10. The van der Waals surface area contributed by atoms with Crippen LogP contribution in [0.25, 0.3) is 11.6 Å². The molecule has 2 amide bonds. The molecule has 152 valence electrons. The zero-order chi connectivity index (χ0) is 20.4. The van der Waals surface area contributed by atoms with Gasteiger partial charge in [0.1, 0.15) is 5.69 Å². The number of benzene rings is 1. The van der Waals surface area contributed by atoms with Crippen molar-refractivity contribution in [2.24, 2.45) is 0 Å². The van der Waals surface area contributed by atoms with E-state index >= 15 is 0 Å². The van der Waals surface area contributed by atoms with Crippen LogP contribution in [-0.4, -0.2) is 47.9 Å². The number of aromatic amines is 1. The van der Waals surface area contributed by atoms with E-state index in [0.717, 1.165) is 39.9 Å². The van der Waals surface area contributed by atoms with Gasteiger partial charge in [-0.05, 0) is 81.7 Å². The largest absolute Gasteiger partial charge is 0.351 e. The van der Waals surface area contributed by atoms with E-state index in [9.17, 15) is 9.59 Å². The number of carbonyl (C=O) groups excluding carboxylic acids is 2. The predicted molar refractivity (Wildman–Crippen MR) is 119 cm³/mol. The maximum atomic E-state index is 12.5. The van der Waals surface area contributed by atoms with Crippen LogP contribution >= 0.6 is 15.9 Å². The molecule has 4 rings (SSSR count). The molecule has 0 aliphatic carbocycles. The number of fused-ring (bicyclic) bond motifs is 1. The van der Waals surface area contributed by atoms with Gasteiger partial charge in [0.2, 0.25) is 0 Å². The van der Waals surface area contributed by atoms with E-state index < -0.39 is 0 Å². The van der Waals surface area contributed by atoms with Crippen molar-refractivity contribution < 1.29 is 9.59 Å². The number of likely N-dealkylation sites (tertiary alicyclic amines) is 1. The molecule has 3 heterocycles. The lowest BCUT2D eigenvalue weighted by Crippen LogP contribution is -2.28. The van der Waals surface area contributed by atoms with E-state index in [-0.39, 0.29) is 11.8 Å². The molecule has 2 aromatic rings. The first kappa shape index (κ1) is 19.9. The zero-order valence-electron chi connectivity index (χ0n) is 16.5. The Labute approximate surface area is 178 Å². The van der Waals surface area contributed by atoms with E-state index in [0.29, 0.717) is 17.8 Å². The number of aromatic nitrogens is 1. The van der Waals surface area contributed by atoms with Crippen LogP contribution in [0.5, 0.6) is 0 Å². The fourth-order valence-corrected chi connectivity index (χ4v) is 4.26. The van der Waals surface area contributed by atoms with Crippen LogP contribution in [0.4, 0.5) is 5.69 Å². The number of aryl methyl sites for hydroxylation is 1. The molecule has 2 aliphatic heterocycles. The molecular formula is C22H25BrN4O2. The second-order valence-corrected chi connectivity index (χ2v) is 8.56. The summed E-state index contributed by atoms with van der Waals surface area (Å²) in [6, 6.07) is 7.52. The van der Waals surface area contributed by atoms with Crippen molar-refractivity contribution in [1.29, 1.82) is 0 Å². The molecule has 1 saturated heterocycles. The maximum Gasteiger partial charge on any atom is 0.267 e. The van der Waals surface area contributed by atoms with Gasteiger partial charge in [0.25, 0.3) is 11.8 Å². The summed E-state index contributed by atoms with van der Waals surface area (Å²) in [5.74, 6) is -0.252. The monoisotopic (exact) mass is 456 g/mol. The third kappa shape index (κ3) is 4.46. The van der Waals surface area contributed by atoms with Gasteiger partial charge in [-0.2, -0.15) is 0 Å². The van der Waals surface area contributed by atoms with Crippen LogP contribution in [0, 0.1) is 6.92 Å². The highest BCUT2D eigenvalue weighted by atomic mass is 79.9. The lowest BCUT2D eigenvalue weighted by atomic mass is 10.1. The molecule has 0 bridgehead atoms. The summed E-state index contributed by atoms with van der Waals surface area (Å²) in [6.07, 6.45) is 5.33. The summed E-state index contributed by atoms with van der Waals surface area (Å²) in [5.41, 5.74) is 4.45. The average Bonchev–Trinajstić information content (AvgIpc) is 3.40. The molecule has 0 unspecified atom stereocenters. The fraction of sp³-hybridized carbons (Fsp3) is 0.364. The normalized spacial score (nSPS) is 17.6. The number of H-pyrrole nitrogens is 1. The fourth-order valence-electron chi connectivity index (χ4n) is 3.90. The topological polar surface area (TPSA) is 77.2 Å². The molecule has 0 atom stereocenters. The Morgan fingerprint density at radius 2 is 2.07 bits per heavy atom. The quantitative estimate of drug-likeness (QED) is 0.456. The minimum absolute atomic E-state index is 0.113. The number of nitrogens with one attached hydrogen (secondary N) is 3. The Kier molecular flexibility index (Phi) is 5.87. The van der Waals surface area contributed by atoms with E-state index in [4.69, 9.17) is 0 Å². The number of nitrogens with zero attached hydrogens (tertiary/aromatic N) is 1. The maximum absolute atomic E-state index is 12.5. The summed E-state index contributed by atoms with van der Waals surface area (Å²) in [7, 11) is 0. The van der Waals surface area contributed by atoms with E-state index in [1.54, 1.807) is 0 Å². The first-order valence-electron chi connectivity index (χ1n) is 10.0. The average molecular weight is 457 g/mol. The molecule has 1 aromatic carbocycles. The van der Waals surface area contributed by atoms with Gasteiger partial charge in [0, 0.05) is 28.0 Å². The Balaban J connectivity index is 1.43. The SMILES string of the molecule is Cc1cc(C(=O)NCCCN2CCCC2)[nH]c1/C=C1\C(=O)Nc2ccc(Br)cc21. The smallest absolute Gasteiger partial charge is 0.267 e. The molecular weight excluding hydrogens is 432 g/mol. The minimum Gasteiger partial charge on any atom is -0.351 e. The van der Waals surface area contributed by atoms with Crippen molar-refractivity contribution in [1.82, 2.24) is 15.2 Å². The van der Waals surface area contributed by atoms with Crippen molar-refractivity contribution in [3.63, 3.8) is 0 Å². The highest BCUT2D eigenvalue weighted by Gasteiger charge is 2.25. The first-order chi connectivity index (χ1) is 14.0. The minimum atomic E-state index is -0.139. The summed E-state index contributed by atoms with van der Waals surface area (Å²) < 4.78 is 0.913. The van der Waals surface area contributed by atoms with Crippen LogP contribution in [-0.2, 0) is 4.79 Å². The van der Waals surface area contributed by atoms with Crippen molar-refractivity contribution in [2.75, 3.05) is 31.5 Å².